The second-order valence-corrected chi connectivity index (χ2v) is 4.42. The molecule has 2 N–H and O–H groups in total. The molecular weight excluding hydrogens is 186 g/mol. The van der Waals surface area contributed by atoms with E-state index < -0.39 is 0 Å². The molecule has 0 radical (unpaired) electrons. The second kappa shape index (κ2) is 4.33. The fourth-order valence-corrected chi connectivity index (χ4v) is 2.31. The summed E-state index contributed by atoms with van der Waals surface area (Å²) in [7, 11) is 1.78. The molecule has 0 heterocycles. The van der Waals surface area contributed by atoms with E-state index >= 15 is 0 Å². The standard InChI is InChI=1S/C13H19NO/c1-15-13(8-5-9-13)12(14)10-11-6-3-2-4-7-11/h2-4,6-7,12H,5,8-10,14H2,1H3. The molecule has 1 aromatic rings. The summed E-state index contributed by atoms with van der Waals surface area (Å²) in [5, 5.41) is 0. The van der Waals surface area contributed by atoms with Crippen LogP contribution in [0.5, 0.6) is 0 Å². The zero-order valence-electron chi connectivity index (χ0n) is 9.28. The van der Waals surface area contributed by atoms with Crippen LogP contribution < -0.4 is 5.73 Å². The maximum absolute atomic E-state index is 6.23. The van der Waals surface area contributed by atoms with E-state index in [1.807, 2.05) is 6.07 Å². The van der Waals surface area contributed by atoms with Crippen molar-refractivity contribution in [3.63, 3.8) is 0 Å². The SMILES string of the molecule is COC1(C(N)Cc2ccccc2)CCC1. The molecule has 1 atom stereocenters. The molecule has 2 rings (SSSR count). The van der Waals surface area contributed by atoms with Gasteiger partial charge in [-0.2, -0.15) is 0 Å². The molecule has 82 valence electrons. The first-order chi connectivity index (χ1) is 7.27. The molecule has 1 aliphatic rings. The van der Waals surface area contributed by atoms with E-state index in [1.165, 1.54) is 12.0 Å². The Balaban J connectivity index is 2.00. The minimum atomic E-state index is -0.0458. The van der Waals surface area contributed by atoms with E-state index in [0.29, 0.717) is 0 Å². The number of nitrogens with two attached hydrogens (primary N) is 1. The molecule has 1 fully saturated rings. The molecule has 0 saturated heterocycles. The average Bonchev–Trinajstić information content (AvgIpc) is 2.18. The Morgan fingerprint density at radius 3 is 2.47 bits per heavy atom. The Bertz CT molecular complexity index is 300. The predicted molar refractivity (Wildman–Crippen MR) is 61.7 cm³/mol. The van der Waals surface area contributed by atoms with Gasteiger partial charge in [0.05, 0.1) is 5.60 Å². The van der Waals surface area contributed by atoms with Crippen molar-refractivity contribution in [1.29, 1.82) is 0 Å². The lowest BCUT2D eigenvalue weighted by atomic mass is 9.73. The monoisotopic (exact) mass is 205 g/mol. The first-order valence-electron chi connectivity index (χ1n) is 5.61. The van der Waals surface area contributed by atoms with Crippen molar-refractivity contribution < 1.29 is 4.74 Å². The molecule has 0 spiro atoms. The molecule has 0 bridgehead atoms. The molecule has 0 aromatic heterocycles. The molecule has 0 aliphatic heterocycles. The maximum atomic E-state index is 6.23. The van der Waals surface area contributed by atoms with Crippen LogP contribution in [-0.2, 0) is 11.2 Å². The molecule has 0 amide bonds. The molecule has 2 nitrogen and oxygen atoms in total. The predicted octanol–water partition coefficient (Wildman–Crippen LogP) is 2.13. The van der Waals surface area contributed by atoms with Crippen molar-refractivity contribution in [3.8, 4) is 0 Å². The van der Waals surface area contributed by atoms with Crippen LogP contribution in [-0.4, -0.2) is 18.8 Å². The van der Waals surface area contributed by atoms with Crippen LogP contribution >= 0.6 is 0 Å². The number of benzene rings is 1. The van der Waals surface area contributed by atoms with Gasteiger partial charge in [0, 0.05) is 13.2 Å². The lowest BCUT2D eigenvalue weighted by Crippen LogP contribution is -2.55. The van der Waals surface area contributed by atoms with Gasteiger partial charge in [-0.3, -0.25) is 0 Å². The Hall–Kier alpha value is -0.860. The highest BCUT2D eigenvalue weighted by Gasteiger charge is 2.42. The topological polar surface area (TPSA) is 35.2 Å². The van der Waals surface area contributed by atoms with Crippen LogP contribution in [0.1, 0.15) is 24.8 Å². The van der Waals surface area contributed by atoms with Gasteiger partial charge in [-0.1, -0.05) is 30.3 Å². The van der Waals surface area contributed by atoms with E-state index in [2.05, 4.69) is 24.3 Å². The van der Waals surface area contributed by atoms with Gasteiger partial charge in [-0.25, -0.2) is 0 Å². The molecule has 15 heavy (non-hydrogen) atoms. The maximum Gasteiger partial charge on any atom is 0.0832 e. The van der Waals surface area contributed by atoms with E-state index in [9.17, 15) is 0 Å². The van der Waals surface area contributed by atoms with Crippen LogP contribution in [0.3, 0.4) is 0 Å². The minimum absolute atomic E-state index is 0.0458. The minimum Gasteiger partial charge on any atom is -0.377 e. The number of hydrogen-bond acceptors (Lipinski definition) is 2. The van der Waals surface area contributed by atoms with Gasteiger partial charge < -0.3 is 10.5 Å². The highest BCUT2D eigenvalue weighted by Crippen LogP contribution is 2.38. The van der Waals surface area contributed by atoms with Crippen LogP contribution in [0.15, 0.2) is 30.3 Å². The lowest BCUT2D eigenvalue weighted by Gasteiger charge is -2.45. The highest BCUT2D eigenvalue weighted by molar-refractivity contribution is 5.17. The Kier molecular flexibility index (Phi) is 3.08. The van der Waals surface area contributed by atoms with E-state index in [4.69, 9.17) is 10.5 Å². The number of rotatable bonds is 4. The molecule has 1 saturated carbocycles. The van der Waals surface area contributed by atoms with E-state index in [-0.39, 0.29) is 11.6 Å². The van der Waals surface area contributed by atoms with Crippen molar-refractivity contribution in [3.05, 3.63) is 35.9 Å². The first kappa shape index (κ1) is 10.7. The van der Waals surface area contributed by atoms with Gasteiger partial charge >= 0.3 is 0 Å². The average molecular weight is 205 g/mol. The van der Waals surface area contributed by atoms with Gasteiger partial charge in [0.2, 0.25) is 0 Å². The van der Waals surface area contributed by atoms with Crippen molar-refractivity contribution in [2.24, 2.45) is 5.73 Å². The highest BCUT2D eigenvalue weighted by atomic mass is 16.5. The third-order valence-electron chi connectivity index (χ3n) is 3.58. The second-order valence-electron chi connectivity index (χ2n) is 4.42. The quantitative estimate of drug-likeness (QED) is 0.817. The van der Waals surface area contributed by atoms with Crippen molar-refractivity contribution >= 4 is 0 Å². The van der Waals surface area contributed by atoms with Crippen LogP contribution in [0.4, 0.5) is 0 Å². The zero-order chi connectivity index (χ0) is 10.7. The Labute approximate surface area is 91.4 Å². The van der Waals surface area contributed by atoms with Gasteiger partial charge in [0.15, 0.2) is 0 Å². The Morgan fingerprint density at radius 1 is 1.33 bits per heavy atom. The molecule has 2 heteroatoms. The van der Waals surface area contributed by atoms with Gasteiger partial charge in [0.1, 0.15) is 0 Å². The summed E-state index contributed by atoms with van der Waals surface area (Å²) in [6.45, 7) is 0. The molecule has 1 aromatic carbocycles. The molecule has 1 unspecified atom stereocenters. The summed E-state index contributed by atoms with van der Waals surface area (Å²) in [6, 6.07) is 10.5. The summed E-state index contributed by atoms with van der Waals surface area (Å²) < 4.78 is 5.58. The Morgan fingerprint density at radius 2 is 2.00 bits per heavy atom. The van der Waals surface area contributed by atoms with Gasteiger partial charge in [-0.05, 0) is 31.2 Å². The third-order valence-corrected chi connectivity index (χ3v) is 3.58. The van der Waals surface area contributed by atoms with E-state index in [0.717, 1.165) is 19.3 Å². The van der Waals surface area contributed by atoms with Crippen molar-refractivity contribution in [2.45, 2.75) is 37.3 Å². The largest absolute Gasteiger partial charge is 0.377 e. The summed E-state index contributed by atoms with van der Waals surface area (Å²) in [6.07, 6.45) is 4.38. The number of methoxy groups -OCH3 is 1. The fraction of sp³-hybridized carbons (Fsp3) is 0.538. The lowest BCUT2D eigenvalue weighted by molar-refractivity contribution is -0.0897. The summed E-state index contributed by atoms with van der Waals surface area (Å²) >= 11 is 0. The van der Waals surface area contributed by atoms with E-state index in [1.54, 1.807) is 7.11 Å². The summed E-state index contributed by atoms with van der Waals surface area (Å²) in [5.74, 6) is 0. The normalized spacial score (nSPS) is 20.7. The number of hydrogen-bond donors (Lipinski definition) is 1. The first-order valence-corrected chi connectivity index (χ1v) is 5.61. The zero-order valence-corrected chi connectivity index (χ0v) is 9.28. The molecular formula is C13H19NO. The van der Waals surface area contributed by atoms with Crippen LogP contribution in [0, 0.1) is 0 Å². The molecule has 1 aliphatic carbocycles. The fourth-order valence-electron chi connectivity index (χ4n) is 2.31. The number of ether oxygens (including phenoxy) is 1. The van der Waals surface area contributed by atoms with Crippen molar-refractivity contribution in [2.75, 3.05) is 7.11 Å². The van der Waals surface area contributed by atoms with Gasteiger partial charge in [-0.15, -0.1) is 0 Å². The van der Waals surface area contributed by atoms with Crippen LogP contribution in [0.2, 0.25) is 0 Å². The van der Waals surface area contributed by atoms with Crippen molar-refractivity contribution in [1.82, 2.24) is 0 Å². The van der Waals surface area contributed by atoms with Crippen LogP contribution in [0.25, 0.3) is 0 Å². The smallest absolute Gasteiger partial charge is 0.0832 e. The van der Waals surface area contributed by atoms with Gasteiger partial charge in [0.25, 0.3) is 0 Å². The third kappa shape index (κ3) is 2.06. The summed E-state index contributed by atoms with van der Waals surface area (Å²) in [5.41, 5.74) is 7.49. The summed E-state index contributed by atoms with van der Waals surface area (Å²) in [4.78, 5) is 0.